The van der Waals surface area contributed by atoms with Crippen LogP contribution in [0.25, 0.3) is 0 Å². The number of nitrogens with zero attached hydrogens (tertiary/aromatic N) is 1. The van der Waals surface area contributed by atoms with Crippen LogP contribution in [-0.2, 0) is 10.0 Å². The maximum Gasteiger partial charge on any atom is 0.271 e. The molecular formula is C12H7BrClFN2O4S. The molecule has 0 aliphatic carbocycles. The van der Waals surface area contributed by atoms with Crippen LogP contribution in [0.4, 0.5) is 15.8 Å². The lowest BCUT2D eigenvalue weighted by atomic mass is 10.3. The molecule has 2 rings (SSSR count). The Balaban J connectivity index is 2.42. The number of sulfonamides is 1. The van der Waals surface area contributed by atoms with Crippen molar-refractivity contribution in [3.63, 3.8) is 0 Å². The SMILES string of the molecule is O=[N+]([O-])c1ccc(Br)c(NS(=O)(=O)c2ccc(F)c(Cl)c2)c1. The van der Waals surface area contributed by atoms with Gasteiger partial charge in [-0.05, 0) is 40.2 Å². The van der Waals surface area contributed by atoms with Crippen LogP contribution in [0.5, 0.6) is 0 Å². The van der Waals surface area contributed by atoms with Crippen molar-refractivity contribution in [2.24, 2.45) is 0 Å². The summed E-state index contributed by atoms with van der Waals surface area (Å²) < 4.78 is 40.0. The molecule has 0 aliphatic heterocycles. The number of nitro groups is 1. The van der Waals surface area contributed by atoms with E-state index in [9.17, 15) is 22.9 Å². The number of nitro benzene ring substituents is 1. The van der Waals surface area contributed by atoms with Crippen LogP contribution in [0.15, 0.2) is 45.8 Å². The summed E-state index contributed by atoms with van der Waals surface area (Å²) in [4.78, 5) is 9.82. The van der Waals surface area contributed by atoms with Gasteiger partial charge >= 0.3 is 0 Å². The second-order valence-corrected chi connectivity index (χ2v) is 7.05. The molecule has 0 amide bonds. The van der Waals surface area contributed by atoms with Gasteiger partial charge in [-0.1, -0.05) is 11.6 Å². The molecule has 0 saturated carbocycles. The molecule has 22 heavy (non-hydrogen) atoms. The zero-order chi connectivity index (χ0) is 16.5. The zero-order valence-corrected chi connectivity index (χ0v) is 13.7. The van der Waals surface area contributed by atoms with Gasteiger partial charge in [-0.2, -0.15) is 0 Å². The number of non-ortho nitro benzene ring substituents is 1. The Hall–Kier alpha value is -1.71. The Morgan fingerprint density at radius 1 is 1.23 bits per heavy atom. The highest BCUT2D eigenvalue weighted by Crippen LogP contribution is 2.29. The molecule has 2 aromatic rings. The fourth-order valence-corrected chi connectivity index (χ4v) is 3.37. The topological polar surface area (TPSA) is 89.3 Å². The van der Waals surface area contributed by atoms with Gasteiger partial charge in [-0.15, -0.1) is 0 Å². The number of nitrogens with one attached hydrogen (secondary N) is 1. The molecule has 0 atom stereocenters. The maximum atomic E-state index is 13.1. The van der Waals surface area contributed by atoms with Gasteiger partial charge in [-0.3, -0.25) is 14.8 Å². The molecule has 0 radical (unpaired) electrons. The molecule has 116 valence electrons. The highest BCUT2D eigenvalue weighted by molar-refractivity contribution is 9.10. The summed E-state index contributed by atoms with van der Waals surface area (Å²) in [5, 5.41) is 10.4. The third kappa shape index (κ3) is 3.54. The number of rotatable bonds is 4. The smallest absolute Gasteiger partial charge is 0.271 e. The predicted octanol–water partition coefficient (Wildman–Crippen LogP) is 3.95. The number of hydrogen-bond donors (Lipinski definition) is 1. The predicted molar refractivity (Wildman–Crippen MR) is 83.0 cm³/mol. The molecule has 0 aliphatic rings. The van der Waals surface area contributed by atoms with Crippen LogP contribution in [0.1, 0.15) is 0 Å². The van der Waals surface area contributed by atoms with E-state index in [0.717, 1.165) is 24.3 Å². The number of halogens is 3. The molecular weight excluding hydrogens is 403 g/mol. The fourth-order valence-electron chi connectivity index (χ4n) is 1.55. The van der Waals surface area contributed by atoms with Crippen molar-refractivity contribution < 1.29 is 17.7 Å². The van der Waals surface area contributed by atoms with Crippen LogP contribution >= 0.6 is 27.5 Å². The molecule has 0 spiro atoms. The molecule has 1 N–H and O–H groups in total. The number of hydrogen-bond acceptors (Lipinski definition) is 4. The van der Waals surface area contributed by atoms with E-state index < -0.39 is 20.8 Å². The average molecular weight is 410 g/mol. The van der Waals surface area contributed by atoms with E-state index in [2.05, 4.69) is 20.7 Å². The van der Waals surface area contributed by atoms with Gasteiger partial charge < -0.3 is 0 Å². The Labute approximate surface area is 138 Å². The van der Waals surface area contributed by atoms with Crippen LogP contribution in [0.2, 0.25) is 5.02 Å². The van der Waals surface area contributed by atoms with Crippen molar-refractivity contribution >= 4 is 48.9 Å². The summed E-state index contributed by atoms with van der Waals surface area (Å²) in [6, 6.07) is 6.52. The van der Waals surface area contributed by atoms with Gasteiger partial charge in [-0.25, -0.2) is 12.8 Å². The Morgan fingerprint density at radius 3 is 2.50 bits per heavy atom. The van der Waals surface area contributed by atoms with Gasteiger partial charge in [0, 0.05) is 16.6 Å². The first kappa shape index (κ1) is 16.7. The van der Waals surface area contributed by atoms with E-state index in [1.165, 1.54) is 12.1 Å². The number of anilines is 1. The van der Waals surface area contributed by atoms with Crippen LogP contribution in [0, 0.1) is 15.9 Å². The van der Waals surface area contributed by atoms with Crippen molar-refractivity contribution in [3.05, 3.63) is 61.8 Å². The summed E-state index contributed by atoms with van der Waals surface area (Å²) in [5.74, 6) is -0.753. The van der Waals surface area contributed by atoms with E-state index in [1.807, 2.05) is 0 Å². The lowest BCUT2D eigenvalue weighted by Gasteiger charge is -2.10. The lowest BCUT2D eigenvalue weighted by Crippen LogP contribution is -2.13. The van der Waals surface area contributed by atoms with Gasteiger partial charge in [0.1, 0.15) is 5.82 Å². The van der Waals surface area contributed by atoms with Crippen molar-refractivity contribution in [1.29, 1.82) is 0 Å². The second kappa shape index (κ2) is 6.19. The third-order valence-corrected chi connectivity index (χ3v) is 4.95. The second-order valence-electron chi connectivity index (χ2n) is 4.10. The summed E-state index contributed by atoms with van der Waals surface area (Å²) in [7, 11) is -4.07. The molecule has 0 bridgehead atoms. The van der Waals surface area contributed by atoms with Crippen molar-refractivity contribution in [1.82, 2.24) is 0 Å². The number of benzene rings is 2. The highest BCUT2D eigenvalue weighted by atomic mass is 79.9. The molecule has 2 aromatic carbocycles. The van der Waals surface area contributed by atoms with Gasteiger partial charge in [0.15, 0.2) is 0 Å². The average Bonchev–Trinajstić information content (AvgIpc) is 2.43. The maximum absolute atomic E-state index is 13.1. The largest absolute Gasteiger partial charge is 0.278 e. The monoisotopic (exact) mass is 408 g/mol. The van der Waals surface area contributed by atoms with E-state index in [0.29, 0.717) is 4.47 Å². The van der Waals surface area contributed by atoms with Crippen LogP contribution in [-0.4, -0.2) is 13.3 Å². The summed E-state index contributed by atoms with van der Waals surface area (Å²) >= 11 is 8.65. The van der Waals surface area contributed by atoms with Gasteiger partial charge in [0.25, 0.3) is 15.7 Å². The molecule has 0 fully saturated rings. The Morgan fingerprint density at radius 2 is 1.91 bits per heavy atom. The van der Waals surface area contributed by atoms with Gasteiger partial charge in [0.05, 0.1) is 20.5 Å². The normalized spacial score (nSPS) is 11.2. The van der Waals surface area contributed by atoms with Crippen molar-refractivity contribution in [3.8, 4) is 0 Å². The van der Waals surface area contributed by atoms with E-state index in [-0.39, 0.29) is 21.3 Å². The van der Waals surface area contributed by atoms with E-state index in [4.69, 9.17) is 11.6 Å². The molecule has 0 saturated heterocycles. The van der Waals surface area contributed by atoms with E-state index in [1.54, 1.807) is 0 Å². The summed E-state index contributed by atoms with van der Waals surface area (Å²) in [6.07, 6.45) is 0. The molecule has 0 heterocycles. The highest BCUT2D eigenvalue weighted by Gasteiger charge is 2.19. The van der Waals surface area contributed by atoms with Gasteiger partial charge in [0.2, 0.25) is 0 Å². The first-order valence-electron chi connectivity index (χ1n) is 5.62. The third-order valence-electron chi connectivity index (χ3n) is 2.61. The first-order chi connectivity index (χ1) is 10.2. The van der Waals surface area contributed by atoms with E-state index >= 15 is 0 Å². The minimum absolute atomic E-state index is 0.0188. The lowest BCUT2D eigenvalue weighted by molar-refractivity contribution is -0.384. The molecule has 6 nitrogen and oxygen atoms in total. The molecule has 10 heteroatoms. The minimum atomic E-state index is -4.07. The minimum Gasteiger partial charge on any atom is -0.278 e. The summed E-state index contributed by atoms with van der Waals surface area (Å²) in [6.45, 7) is 0. The van der Waals surface area contributed by atoms with Crippen LogP contribution < -0.4 is 4.72 Å². The van der Waals surface area contributed by atoms with Crippen LogP contribution in [0.3, 0.4) is 0 Å². The van der Waals surface area contributed by atoms with Crippen molar-refractivity contribution in [2.45, 2.75) is 4.90 Å². The first-order valence-corrected chi connectivity index (χ1v) is 8.28. The molecule has 0 unspecified atom stereocenters. The standard InChI is InChI=1S/C12H7BrClFN2O4S/c13-9-3-1-7(17(18)19)5-12(9)16-22(20,21)8-2-4-11(15)10(14)6-8/h1-6,16H. The quantitative estimate of drug-likeness (QED) is 0.611. The zero-order valence-electron chi connectivity index (χ0n) is 10.6. The summed E-state index contributed by atoms with van der Waals surface area (Å²) in [5.41, 5.74) is -0.298. The molecule has 0 aromatic heterocycles. The fraction of sp³-hybridized carbons (Fsp3) is 0. The Bertz CT molecular complexity index is 860. The Kier molecular flexibility index (Phi) is 4.69. The van der Waals surface area contributed by atoms with Crippen molar-refractivity contribution in [2.75, 3.05) is 4.72 Å².